The summed E-state index contributed by atoms with van der Waals surface area (Å²) in [6, 6.07) is 6.04. The normalized spacial score (nSPS) is 10.4. The standard InChI is InChI=1S/C13H13BrN2O/c1-8-6-9(2)12(17-3)10(7-8)11-4-5-15-13(14)16-11/h4-7H,1-3H3. The number of aryl methyl sites for hydroxylation is 2. The Labute approximate surface area is 109 Å². The first kappa shape index (κ1) is 12.0. The van der Waals surface area contributed by atoms with Gasteiger partial charge in [0, 0.05) is 11.8 Å². The zero-order valence-electron chi connectivity index (χ0n) is 9.99. The van der Waals surface area contributed by atoms with E-state index in [1.165, 1.54) is 5.56 Å². The van der Waals surface area contributed by atoms with Crippen molar-refractivity contribution >= 4 is 15.9 Å². The van der Waals surface area contributed by atoms with E-state index in [1.807, 2.05) is 13.0 Å². The maximum Gasteiger partial charge on any atom is 0.197 e. The Morgan fingerprint density at radius 1 is 1.24 bits per heavy atom. The van der Waals surface area contributed by atoms with Crippen molar-refractivity contribution in [1.82, 2.24) is 9.97 Å². The van der Waals surface area contributed by atoms with Crippen LogP contribution in [-0.4, -0.2) is 17.1 Å². The van der Waals surface area contributed by atoms with E-state index in [9.17, 15) is 0 Å². The molecule has 0 aliphatic heterocycles. The molecule has 2 aromatic rings. The molecule has 0 amide bonds. The summed E-state index contributed by atoms with van der Waals surface area (Å²) in [6.45, 7) is 4.09. The molecule has 1 heterocycles. The number of ether oxygens (including phenoxy) is 1. The average molecular weight is 293 g/mol. The summed E-state index contributed by atoms with van der Waals surface area (Å²) in [5, 5.41) is 0. The first-order chi connectivity index (χ1) is 8.11. The van der Waals surface area contributed by atoms with Gasteiger partial charge in [0.2, 0.25) is 0 Å². The van der Waals surface area contributed by atoms with Crippen molar-refractivity contribution in [3.05, 3.63) is 40.3 Å². The van der Waals surface area contributed by atoms with Crippen LogP contribution in [0.3, 0.4) is 0 Å². The fourth-order valence-electron chi connectivity index (χ4n) is 1.90. The maximum atomic E-state index is 5.45. The van der Waals surface area contributed by atoms with Crippen LogP contribution in [0.25, 0.3) is 11.3 Å². The van der Waals surface area contributed by atoms with Crippen LogP contribution >= 0.6 is 15.9 Å². The Kier molecular flexibility index (Phi) is 3.43. The molecule has 2 rings (SSSR count). The minimum Gasteiger partial charge on any atom is -0.496 e. The number of rotatable bonds is 2. The van der Waals surface area contributed by atoms with E-state index in [0.717, 1.165) is 22.6 Å². The van der Waals surface area contributed by atoms with Crippen molar-refractivity contribution < 1.29 is 4.74 Å². The van der Waals surface area contributed by atoms with E-state index < -0.39 is 0 Å². The van der Waals surface area contributed by atoms with Crippen LogP contribution in [0.15, 0.2) is 29.1 Å². The van der Waals surface area contributed by atoms with Crippen LogP contribution in [0.4, 0.5) is 0 Å². The molecule has 0 radical (unpaired) electrons. The van der Waals surface area contributed by atoms with Gasteiger partial charge in [-0.15, -0.1) is 0 Å². The molecule has 88 valence electrons. The lowest BCUT2D eigenvalue weighted by Gasteiger charge is -2.12. The lowest BCUT2D eigenvalue weighted by molar-refractivity contribution is 0.413. The van der Waals surface area contributed by atoms with Crippen LogP contribution in [0, 0.1) is 13.8 Å². The first-order valence-corrected chi connectivity index (χ1v) is 6.05. The van der Waals surface area contributed by atoms with Crippen molar-refractivity contribution in [2.75, 3.05) is 7.11 Å². The molecule has 1 aromatic heterocycles. The monoisotopic (exact) mass is 292 g/mol. The van der Waals surface area contributed by atoms with E-state index in [0.29, 0.717) is 4.73 Å². The second-order valence-corrected chi connectivity index (χ2v) is 4.58. The molecule has 4 heteroatoms. The number of aromatic nitrogens is 2. The third-order valence-corrected chi connectivity index (χ3v) is 2.91. The van der Waals surface area contributed by atoms with Crippen LogP contribution in [0.1, 0.15) is 11.1 Å². The second kappa shape index (κ2) is 4.84. The topological polar surface area (TPSA) is 35.0 Å². The van der Waals surface area contributed by atoms with Gasteiger partial charge in [-0.3, -0.25) is 0 Å². The molecule has 0 bridgehead atoms. The zero-order valence-corrected chi connectivity index (χ0v) is 11.6. The van der Waals surface area contributed by atoms with Crippen LogP contribution in [0.5, 0.6) is 5.75 Å². The molecule has 0 atom stereocenters. The molecular formula is C13H13BrN2O. The van der Waals surface area contributed by atoms with Gasteiger partial charge in [0.15, 0.2) is 4.73 Å². The molecule has 0 N–H and O–H groups in total. The summed E-state index contributed by atoms with van der Waals surface area (Å²) in [7, 11) is 1.68. The van der Waals surface area contributed by atoms with Crippen LogP contribution in [-0.2, 0) is 0 Å². The van der Waals surface area contributed by atoms with Gasteiger partial charge in [-0.1, -0.05) is 6.07 Å². The minimum absolute atomic E-state index is 0.580. The number of hydrogen-bond donors (Lipinski definition) is 0. The highest BCUT2D eigenvalue weighted by Crippen LogP contribution is 2.33. The highest BCUT2D eigenvalue weighted by Gasteiger charge is 2.11. The number of halogens is 1. The van der Waals surface area contributed by atoms with Crippen molar-refractivity contribution in [3.63, 3.8) is 0 Å². The first-order valence-electron chi connectivity index (χ1n) is 5.26. The van der Waals surface area contributed by atoms with Gasteiger partial charge in [-0.2, -0.15) is 0 Å². The van der Waals surface area contributed by atoms with Gasteiger partial charge < -0.3 is 4.74 Å². The van der Waals surface area contributed by atoms with E-state index in [1.54, 1.807) is 13.3 Å². The van der Waals surface area contributed by atoms with Crippen molar-refractivity contribution in [2.24, 2.45) is 0 Å². The molecule has 0 unspecified atom stereocenters. The minimum atomic E-state index is 0.580. The Morgan fingerprint density at radius 3 is 2.65 bits per heavy atom. The summed E-state index contributed by atoms with van der Waals surface area (Å²) in [5.41, 5.74) is 4.15. The largest absolute Gasteiger partial charge is 0.496 e. The Bertz CT molecular complexity index is 555. The molecule has 0 spiro atoms. The number of nitrogens with zero attached hydrogens (tertiary/aromatic N) is 2. The van der Waals surface area contributed by atoms with Crippen LogP contribution in [0.2, 0.25) is 0 Å². The third-order valence-electron chi connectivity index (χ3n) is 2.53. The fraction of sp³-hybridized carbons (Fsp3) is 0.231. The Morgan fingerprint density at radius 2 is 2.00 bits per heavy atom. The van der Waals surface area contributed by atoms with Crippen LogP contribution < -0.4 is 4.74 Å². The Balaban J connectivity index is 2.65. The van der Waals surface area contributed by atoms with E-state index in [2.05, 4.69) is 45.0 Å². The Hall–Kier alpha value is -1.42. The number of hydrogen-bond acceptors (Lipinski definition) is 3. The molecule has 0 saturated heterocycles. The SMILES string of the molecule is COc1c(C)cc(C)cc1-c1ccnc(Br)n1. The highest BCUT2D eigenvalue weighted by molar-refractivity contribution is 9.10. The van der Waals surface area contributed by atoms with Crippen molar-refractivity contribution in [2.45, 2.75) is 13.8 Å². The molecule has 0 fully saturated rings. The van der Waals surface area contributed by atoms with Crippen molar-refractivity contribution in [3.8, 4) is 17.0 Å². The molecule has 0 aliphatic rings. The second-order valence-electron chi connectivity index (χ2n) is 3.87. The zero-order chi connectivity index (χ0) is 12.4. The fourth-order valence-corrected chi connectivity index (χ4v) is 2.21. The van der Waals surface area contributed by atoms with E-state index >= 15 is 0 Å². The summed E-state index contributed by atoms with van der Waals surface area (Å²) < 4.78 is 6.03. The summed E-state index contributed by atoms with van der Waals surface area (Å²) >= 11 is 3.28. The molecule has 17 heavy (non-hydrogen) atoms. The highest BCUT2D eigenvalue weighted by atomic mass is 79.9. The van der Waals surface area contributed by atoms with Gasteiger partial charge in [0.05, 0.1) is 12.8 Å². The summed E-state index contributed by atoms with van der Waals surface area (Å²) in [6.07, 6.45) is 1.73. The maximum absolute atomic E-state index is 5.45. The van der Waals surface area contributed by atoms with Gasteiger partial charge in [-0.05, 0) is 53.0 Å². The predicted octanol–water partition coefficient (Wildman–Crippen LogP) is 3.53. The molecule has 1 aromatic carbocycles. The summed E-state index contributed by atoms with van der Waals surface area (Å²) in [4.78, 5) is 8.39. The smallest absolute Gasteiger partial charge is 0.197 e. The van der Waals surface area contributed by atoms with E-state index in [-0.39, 0.29) is 0 Å². The van der Waals surface area contributed by atoms with Gasteiger partial charge in [-0.25, -0.2) is 9.97 Å². The molecule has 0 saturated carbocycles. The molecule has 0 aliphatic carbocycles. The summed E-state index contributed by atoms with van der Waals surface area (Å²) in [5.74, 6) is 0.862. The van der Waals surface area contributed by atoms with Gasteiger partial charge >= 0.3 is 0 Å². The van der Waals surface area contributed by atoms with E-state index in [4.69, 9.17) is 4.74 Å². The van der Waals surface area contributed by atoms with Crippen molar-refractivity contribution in [1.29, 1.82) is 0 Å². The number of methoxy groups -OCH3 is 1. The molecular weight excluding hydrogens is 280 g/mol. The lowest BCUT2D eigenvalue weighted by atomic mass is 10.0. The lowest BCUT2D eigenvalue weighted by Crippen LogP contribution is -1.95. The predicted molar refractivity (Wildman–Crippen MR) is 71.2 cm³/mol. The van der Waals surface area contributed by atoms with Gasteiger partial charge in [0.1, 0.15) is 5.75 Å². The molecule has 3 nitrogen and oxygen atoms in total. The quantitative estimate of drug-likeness (QED) is 0.794. The average Bonchev–Trinajstić information content (AvgIpc) is 2.28. The van der Waals surface area contributed by atoms with Gasteiger partial charge in [0.25, 0.3) is 0 Å². The number of benzene rings is 1. The third kappa shape index (κ3) is 2.47.